The van der Waals surface area contributed by atoms with Crippen molar-refractivity contribution in [3.63, 3.8) is 0 Å². The van der Waals surface area contributed by atoms with Crippen molar-refractivity contribution in [2.24, 2.45) is 0 Å². The second kappa shape index (κ2) is 57.5. The molecule has 0 aromatic rings. The van der Waals surface area contributed by atoms with Gasteiger partial charge in [0.05, 0.1) is 12.8 Å². The zero-order valence-corrected chi connectivity index (χ0v) is 15.6. The maximum absolute atomic E-state index is 9.55. The third kappa shape index (κ3) is 84.6. The fourth-order valence-corrected chi connectivity index (χ4v) is 2.16. The van der Waals surface area contributed by atoms with Gasteiger partial charge in [-0.1, -0.05) is 20.8 Å². The van der Waals surface area contributed by atoms with Gasteiger partial charge in [0.15, 0.2) is 0 Å². The first-order valence-electron chi connectivity index (χ1n) is 5.65. The van der Waals surface area contributed by atoms with Crippen molar-refractivity contribution < 1.29 is 55.8 Å². The average molecular weight is 398 g/mol. The number of aliphatic carboxylic acids is 2. The second-order valence-electron chi connectivity index (χ2n) is 2.63. The average Bonchev–Trinajstić information content (AvgIpc) is 2.62. The molecule has 10 heteroatoms. The molecule has 0 saturated carbocycles. The molecule has 0 aromatic heterocycles. The fourth-order valence-electron chi connectivity index (χ4n) is 0.813. The smallest absolute Gasteiger partial charge is 0 e. The Morgan fingerprint density at radius 2 is 0.917 bits per heavy atom. The standard InChI is InChI=1S/C6H15P.C4H4O4.4CO.Cr/c1-4-7(5-2)6-3;5-3(6)1-2-4(7)8;4*1-2;/h4-6H2,1-3H3;1-2H,(H,5,6)(H,7,8);;;;;. The third-order valence-corrected chi connectivity index (χ3v) is 4.39. The van der Waals surface area contributed by atoms with Crippen LogP contribution >= 0.6 is 7.92 Å². The minimum Gasteiger partial charge on any atom is 0 e. The molecule has 0 aromatic carbocycles. The molecule has 134 valence electrons. The van der Waals surface area contributed by atoms with Gasteiger partial charge in [0.25, 0.3) is 0 Å². The summed E-state index contributed by atoms with van der Waals surface area (Å²) in [5.74, 6) is -2.51. The zero-order chi connectivity index (χ0) is 20.3. The molecule has 0 spiro atoms. The SMILES string of the molecule is CCP(CC)CC.O=C(O)[CH][CH]C(=O)O.[C-]#[O+].[C-]#[O+].[C-]#[O+].[C-]#[O+].[Cr]. The van der Waals surface area contributed by atoms with Gasteiger partial charge in [-0.15, -0.1) is 7.92 Å². The Kier molecular flexibility index (Phi) is 104. The summed E-state index contributed by atoms with van der Waals surface area (Å²) in [5.41, 5.74) is 0. The molecule has 0 atom stereocenters. The second-order valence-corrected chi connectivity index (χ2v) is 5.87. The topological polar surface area (TPSA) is 154 Å². The van der Waals surface area contributed by atoms with Gasteiger partial charge in [-0.3, -0.25) is 9.59 Å². The summed E-state index contributed by atoms with van der Waals surface area (Å²) in [6.45, 7) is 24.9. The van der Waals surface area contributed by atoms with E-state index in [1.807, 2.05) is 0 Å². The van der Waals surface area contributed by atoms with Crippen LogP contribution in [-0.4, -0.2) is 40.6 Å². The number of rotatable bonds is 6. The summed E-state index contributed by atoms with van der Waals surface area (Å²) in [6, 6.07) is 0. The Morgan fingerprint density at radius 1 is 0.750 bits per heavy atom. The van der Waals surface area contributed by atoms with Crippen LogP contribution in [0.25, 0.3) is 0 Å². The molecule has 0 fully saturated rings. The maximum atomic E-state index is 9.55. The molecule has 0 saturated heterocycles. The van der Waals surface area contributed by atoms with Crippen LogP contribution in [0.3, 0.4) is 0 Å². The molecule has 0 aliphatic rings. The van der Waals surface area contributed by atoms with Crippen molar-refractivity contribution in [1.29, 1.82) is 0 Å². The summed E-state index contributed by atoms with van der Waals surface area (Å²) in [7, 11) is 0.446. The van der Waals surface area contributed by atoms with Crippen LogP contribution < -0.4 is 0 Å². The van der Waals surface area contributed by atoms with E-state index < -0.39 is 11.9 Å². The van der Waals surface area contributed by atoms with E-state index in [9.17, 15) is 9.59 Å². The van der Waals surface area contributed by atoms with Crippen LogP contribution in [-0.2, 0) is 45.6 Å². The Bertz CT molecular complexity index is 278. The summed E-state index contributed by atoms with van der Waals surface area (Å²) < 4.78 is 30.0. The first-order valence-corrected chi connectivity index (χ1v) is 7.55. The number of carboxylic acids is 2. The van der Waals surface area contributed by atoms with Crippen LogP contribution in [0.15, 0.2) is 0 Å². The van der Waals surface area contributed by atoms with Gasteiger partial charge in [-0.25, -0.2) is 0 Å². The van der Waals surface area contributed by atoms with E-state index in [4.69, 9.17) is 28.8 Å². The molecular formula is C14H19CrO8P. The Balaban J connectivity index is -0.0000000331. The number of hydrogen-bond acceptors (Lipinski definition) is 2. The van der Waals surface area contributed by atoms with Crippen molar-refractivity contribution in [2.45, 2.75) is 20.8 Å². The van der Waals surface area contributed by atoms with Gasteiger partial charge in [0.2, 0.25) is 0 Å². The Hall–Kier alpha value is -1.14. The number of carboxylic acid groups (broad SMARTS) is 2. The molecule has 0 bridgehead atoms. The molecular weight excluding hydrogens is 379 g/mol. The normalized spacial score (nSPS) is 6.17. The molecule has 0 aliphatic carbocycles. The maximum Gasteiger partial charge on any atom is 0 e. The summed E-state index contributed by atoms with van der Waals surface area (Å²) in [6.07, 6.45) is 5.37. The van der Waals surface area contributed by atoms with Crippen LogP contribution in [0.2, 0.25) is 0 Å². The fraction of sp³-hybridized carbons (Fsp3) is 0.429. The first-order chi connectivity index (χ1) is 11.0. The van der Waals surface area contributed by atoms with Gasteiger partial charge >= 0.3 is 57.1 Å². The first kappa shape index (κ1) is 43.4. The van der Waals surface area contributed by atoms with E-state index in [2.05, 4.69) is 47.4 Å². The van der Waals surface area contributed by atoms with Crippen molar-refractivity contribution >= 4 is 19.9 Å². The number of hydrogen-bond donors (Lipinski definition) is 2. The summed E-state index contributed by atoms with van der Waals surface area (Å²) in [4.78, 5) is 19.1. The van der Waals surface area contributed by atoms with Crippen LogP contribution in [0.4, 0.5) is 0 Å². The molecule has 0 unspecified atom stereocenters. The quantitative estimate of drug-likeness (QED) is 0.398. The molecule has 2 radical (unpaired) electrons. The van der Waals surface area contributed by atoms with E-state index in [0.717, 1.165) is 0 Å². The Morgan fingerprint density at radius 3 is 0.958 bits per heavy atom. The molecule has 0 amide bonds. The van der Waals surface area contributed by atoms with E-state index in [0.29, 0.717) is 20.8 Å². The molecule has 0 rings (SSSR count). The van der Waals surface area contributed by atoms with Gasteiger partial charge < -0.3 is 10.2 Å². The molecule has 2 N–H and O–H groups in total. The van der Waals surface area contributed by atoms with Gasteiger partial charge in [-0.05, 0) is 18.5 Å². The largest absolute Gasteiger partial charge is 0 e. The zero-order valence-electron chi connectivity index (χ0n) is 13.5. The monoisotopic (exact) mass is 398 g/mol. The van der Waals surface area contributed by atoms with Crippen molar-refractivity contribution in [3.05, 3.63) is 39.4 Å². The van der Waals surface area contributed by atoms with Gasteiger partial charge in [0.1, 0.15) is 0 Å². The predicted molar refractivity (Wildman–Crippen MR) is 78.1 cm³/mol. The van der Waals surface area contributed by atoms with Crippen molar-refractivity contribution in [2.75, 3.05) is 18.5 Å². The van der Waals surface area contributed by atoms with Gasteiger partial charge in [-0.2, -0.15) is 0 Å². The van der Waals surface area contributed by atoms with Crippen molar-refractivity contribution in [3.8, 4) is 0 Å². The Labute approximate surface area is 154 Å². The van der Waals surface area contributed by atoms with Crippen molar-refractivity contribution in [1.82, 2.24) is 0 Å². The predicted octanol–water partition coefficient (Wildman–Crippen LogP) is 1.94. The molecule has 8 nitrogen and oxygen atoms in total. The van der Waals surface area contributed by atoms with E-state index in [-0.39, 0.29) is 17.4 Å². The van der Waals surface area contributed by atoms with Crippen LogP contribution in [0.1, 0.15) is 20.8 Å². The molecule has 24 heavy (non-hydrogen) atoms. The van der Waals surface area contributed by atoms with E-state index in [1.54, 1.807) is 0 Å². The third-order valence-electron chi connectivity index (χ3n) is 1.71. The van der Waals surface area contributed by atoms with E-state index in [1.165, 1.54) is 18.5 Å². The van der Waals surface area contributed by atoms with Crippen LogP contribution in [0, 0.1) is 39.4 Å². The molecule has 0 heterocycles. The summed E-state index contributed by atoms with van der Waals surface area (Å²) in [5, 5.41) is 15.6. The van der Waals surface area contributed by atoms with Crippen LogP contribution in [0.5, 0.6) is 0 Å². The minimum atomic E-state index is -1.26. The minimum absolute atomic E-state index is 0. The molecule has 0 aliphatic heterocycles. The number of carbonyl (C=O) groups is 2. The summed E-state index contributed by atoms with van der Waals surface area (Å²) >= 11 is 0. The van der Waals surface area contributed by atoms with E-state index >= 15 is 0 Å². The van der Waals surface area contributed by atoms with Gasteiger partial charge in [0, 0.05) is 17.4 Å².